The maximum atomic E-state index is 13.4. The van der Waals surface area contributed by atoms with Crippen LogP contribution in [0.4, 0.5) is 10.2 Å². The average Bonchev–Trinajstić information content (AvgIpc) is 3.34. The second-order valence-corrected chi connectivity index (χ2v) is 8.36. The van der Waals surface area contributed by atoms with Gasteiger partial charge in [0.25, 0.3) is 5.91 Å². The predicted octanol–water partition coefficient (Wildman–Crippen LogP) is 2.97. The Hall–Kier alpha value is -2.78. The van der Waals surface area contributed by atoms with Crippen molar-refractivity contribution in [3.8, 4) is 11.1 Å². The highest BCUT2D eigenvalue weighted by molar-refractivity contribution is 9.10. The first-order valence-corrected chi connectivity index (χ1v) is 10.4. The van der Waals surface area contributed by atoms with Crippen molar-refractivity contribution in [2.45, 2.75) is 19.0 Å². The number of carbonyl (C=O) groups is 1. The van der Waals surface area contributed by atoms with Crippen molar-refractivity contribution in [3.63, 3.8) is 0 Å². The third kappa shape index (κ3) is 4.52. The Morgan fingerprint density at radius 1 is 1.33 bits per heavy atom. The molecule has 30 heavy (non-hydrogen) atoms. The number of nitrogens with zero attached hydrogens (tertiary/aromatic N) is 4. The highest BCUT2D eigenvalue weighted by atomic mass is 79.9. The van der Waals surface area contributed by atoms with Gasteiger partial charge in [0.15, 0.2) is 0 Å². The molecule has 4 rings (SSSR count). The van der Waals surface area contributed by atoms with E-state index in [0.29, 0.717) is 16.6 Å². The minimum atomic E-state index is -0.273. The number of pyridine rings is 1. The Kier molecular flexibility index (Phi) is 5.83. The van der Waals surface area contributed by atoms with E-state index < -0.39 is 0 Å². The number of benzene rings is 1. The summed E-state index contributed by atoms with van der Waals surface area (Å²) in [5.41, 5.74) is 9.01. The number of nitrogens with one attached hydrogen (secondary N) is 1. The number of hydrogen-bond donors (Lipinski definition) is 2. The second-order valence-electron chi connectivity index (χ2n) is 7.50. The van der Waals surface area contributed by atoms with E-state index in [9.17, 15) is 9.18 Å². The van der Waals surface area contributed by atoms with Gasteiger partial charge in [-0.2, -0.15) is 5.10 Å². The smallest absolute Gasteiger partial charge is 0.255 e. The molecule has 3 aromatic rings. The molecule has 0 radical (unpaired) electrons. The zero-order valence-electron chi connectivity index (χ0n) is 16.5. The number of rotatable bonds is 5. The van der Waals surface area contributed by atoms with Gasteiger partial charge >= 0.3 is 0 Å². The molecule has 9 heteroatoms. The van der Waals surface area contributed by atoms with E-state index in [1.54, 1.807) is 35.3 Å². The van der Waals surface area contributed by atoms with Crippen molar-refractivity contribution in [3.05, 3.63) is 64.3 Å². The van der Waals surface area contributed by atoms with Gasteiger partial charge in [-0.1, -0.05) is 6.07 Å². The maximum Gasteiger partial charge on any atom is 0.255 e. The SMILES string of the molecule is Cn1cc(-c2cnc(N)c(C(=O)N[C@@H]3CCN(Cc4ccc(F)c(Br)c4)C3)c2)cn1. The summed E-state index contributed by atoms with van der Waals surface area (Å²) in [5, 5.41) is 7.22. The Morgan fingerprint density at radius 3 is 2.90 bits per heavy atom. The first-order valence-electron chi connectivity index (χ1n) is 9.60. The first-order chi connectivity index (χ1) is 14.4. The van der Waals surface area contributed by atoms with Crippen molar-refractivity contribution in [2.75, 3.05) is 18.8 Å². The molecule has 0 bridgehead atoms. The molecule has 1 aliphatic heterocycles. The number of hydrogen-bond acceptors (Lipinski definition) is 5. The van der Waals surface area contributed by atoms with Crippen LogP contribution in [-0.4, -0.2) is 44.7 Å². The fourth-order valence-corrected chi connectivity index (χ4v) is 4.06. The first kappa shape index (κ1) is 20.5. The highest BCUT2D eigenvalue weighted by Gasteiger charge is 2.25. The summed E-state index contributed by atoms with van der Waals surface area (Å²) in [4.78, 5) is 19.3. The molecule has 1 amide bonds. The number of amides is 1. The summed E-state index contributed by atoms with van der Waals surface area (Å²) in [7, 11) is 1.83. The van der Waals surface area contributed by atoms with Crippen LogP contribution in [0.15, 0.2) is 47.3 Å². The van der Waals surface area contributed by atoms with Gasteiger partial charge in [-0.05, 0) is 46.1 Å². The number of likely N-dealkylation sites (tertiary alicyclic amines) is 1. The lowest BCUT2D eigenvalue weighted by Crippen LogP contribution is -2.37. The van der Waals surface area contributed by atoms with E-state index in [1.165, 1.54) is 6.07 Å². The molecule has 1 fully saturated rings. The molecule has 3 N–H and O–H groups in total. The van der Waals surface area contributed by atoms with Crippen LogP contribution < -0.4 is 11.1 Å². The van der Waals surface area contributed by atoms with Crippen LogP contribution in [0.1, 0.15) is 22.3 Å². The van der Waals surface area contributed by atoms with Crippen LogP contribution in [0.5, 0.6) is 0 Å². The third-order valence-electron chi connectivity index (χ3n) is 5.20. The molecule has 7 nitrogen and oxygen atoms in total. The third-order valence-corrected chi connectivity index (χ3v) is 5.81. The van der Waals surface area contributed by atoms with Crippen molar-refractivity contribution in [1.29, 1.82) is 0 Å². The van der Waals surface area contributed by atoms with E-state index in [1.807, 2.05) is 13.2 Å². The lowest BCUT2D eigenvalue weighted by atomic mass is 10.1. The maximum absolute atomic E-state index is 13.4. The average molecular weight is 473 g/mol. The molecule has 0 unspecified atom stereocenters. The van der Waals surface area contributed by atoms with Crippen LogP contribution in [0.2, 0.25) is 0 Å². The second kappa shape index (κ2) is 8.53. The fraction of sp³-hybridized carbons (Fsp3) is 0.286. The minimum absolute atomic E-state index is 0.0165. The molecular weight excluding hydrogens is 451 g/mol. The Bertz CT molecular complexity index is 1090. The van der Waals surface area contributed by atoms with E-state index >= 15 is 0 Å². The number of aromatic nitrogens is 3. The van der Waals surface area contributed by atoms with Gasteiger partial charge in [-0.15, -0.1) is 0 Å². The largest absolute Gasteiger partial charge is 0.383 e. The zero-order chi connectivity index (χ0) is 21.3. The number of nitrogen functional groups attached to an aromatic ring is 1. The molecule has 0 spiro atoms. The number of aryl methyl sites for hydroxylation is 1. The van der Waals surface area contributed by atoms with Crippen LogP contribution >= 0.6 is 15.9 Å². The Labute approximate surface area is 182 Å². The van der Waals surface area contributed by atoms with Gasteiger partial charge in [-0.3, -0.25) is 14.4 Å². The number of anilines is 1. The summed E-state index contributed by atoms with van der Waals surface area (Å²) in [6.45, 7) is 2.27. The Balaban J connectivity index is 1.40. The van der Waals surface area contributed by atoms with Crippen LogP contribution in [0.3, 0.4) is 0 Å². The van der Waals surface area contributed by atoms with Gasteiger partial charge in [0.05, 0.1) is 16.2 Å². The summed E-state index contributed by atoms with van der Waals surface area (Å²) >= 11 is 3.22. The van der Waals surface area contributed by atoms with Gasteiger partial charge in [-0.25, -0.2) is 9.37 Å². The predicted molar refractivity (Wildman–Crippen MR) is 116 cm³/mol. The van der Waals surface area contributed by atoms with Crippen LogP contribution in [-0.2, 0) is 13.6 Å². The van der Waals surface area contributed by atoms with Crippen molar-refractivity contribution in [2.24, 2.45) is 7.05 Å². The van der Waals surface area contributed by atoms with Gasteiger partial charge < -0.3 is 11.1 Å². The van der Waals surface area contributed by atoms with E-state index in [2.05, 4.69) is 36.2 Å². The van der Waals surface area contributed by atoms with E-state index in [-0.39, 0.29) is 23.6 Å². The molecule has 156 valence electrons. The van der Waals surface area contributed by atoms with Crippen molar-refractivity contribution in [1.82, 2.24) is 25.0 Å². The molecule has 1 saturated heterocycles. The van der Waals surface area contributed by atoms with E-state index in [4.69, 9.17) is 5.73 Å². The van der Waals surface area contributed by atoms with Gasteiger partial charge in [0, 0.05) is 56.2 Å². The van der Waals surface area contributed by atoms with Crippen molar-refractivity contribution >= 4 is 27.7 Å². The van der Waals surface area contributed by atoms with Gasteiger partial charge in [0.2, 0.25) is 0 Å². The molecule has 1 atom stereocenters. The fourth-order valence-electron chi connectivity index (χ4n) is 3.64. The summed E-state index contributed by atoms with van der Waals surface area (Å²) in [6, 6.07) is 6.79. The number of nitrogens with two attached hydrogens (primary N) is 1. The van der Waals surface area contributed by atoms with E-state index in [0.717, 1.165) is 36.2 Å². The number of carbonyl (C=O) groups excluding carboxylic acids is 1. The lowest BCUT2D eigenvalue weighted by molar-refractivity contribution is 0.0938. The summed E-state index contributed by atoms with van der Waals surface area (Å²) in [6.07, 6.45) is 6.06. The Morgan fingerprint density at radius 2 is 2.17 bits per heavy atom. The monoisotopic (exact) mass is 472 g/mol. The molecule has 0 saturated carbocycles. The van der Waals surface area contributed by atoms with Crippen LogP contribution in [0, 0.1) is 5.82 Å². The van der Waals surface area contributed by atoms with Gasteiger partial charge in [0.1, 0.15) is 11.6 Å². The molecule has 3 heterocycles. The molecule has 1 aromatic carbocycles. The summed E-state index contributed by atoms with van der Waals surface area (Å²) in [5.74, 6) is -0.307. The summed E-state index contributed by atoms with van der Waals surface area (Å²) < 4.78 is 15.6. The van der Waals surface area contributed by atoms with Crippen molar-refractivity contribution < 1.29 is 9.18 Å². The molecule has 1 aliphatic rings. The molecule has 2 aromatic heterocycles. The minimum Gasteiger partial charge on any atom is -0.383 e. The quantitative estimate of drug-likeness (QED) is 0.595. The zero-order valence-corrected chi connectivity index (χ0v) is 18.1. The number of halogens is 2. The molecular formula is C21H22BrFN6O. The molecule has 0 aliphatic carbocycles. The lowest BCUT2D eigenvalue weighted by Gasteiger charge is -2.17. The van der Waals surface area contributed by atoms with Crippen LogP contribution in [0.25, 0.3) is 11.1 Å². The standard InChI is InChI=1S/C21H22BrFN6O/c1-28-11-15(9-26-28)14-7-17(20(24)25-8-14)21(30)27-16-4-5-29(12-16)10-13-2-3-19(23)18(22)6-13/h2-3,6-9,11,16H,4-5,10,12H2,1H3,(H2,24,25)(H,27,30)/t16-/m1/s1. The topological polar surface area (TPSA) is 89.1 Å². The normalized spacial score (nSPS) is 16.7. The highest BCUT2D eigenvalue weighted by Crippen LogP contribution is 2.23.